The van der Waals surface area contributed by atoms with Crippen molar-refractivity contribution in [3.05, 3.63) is 35.4 Å². The molecule has 0 saturated heterocycles. The molecule has 1 aromatic carbocycles. The highest BCUT2D eigenvalue weighted by atomic mass is 16.5. The molecule has 5 heteroatoms. The third-order valence-electron chi connectivity index (χ3n) is 2.18. The Morgan fingerprint density at radius 1 is 1.38 bits per heavy atom. The maximum absolute atomic E-state index is 11.0. The monoisotopic (exact) mass is 224 g/mol. The number of aliphatic hydroxyl groups excluding tert-OH is 2. The van der Waals surface area contributed by atoms with Crippen molar-refractivity contribution in [2.24, 2.45) is 0 Å². The molecule has 1 aromatic rings. The Kier molecular flexibility index (Phi) is 4.16. The van der Waals surface area contributed by atoms with Crippen molar-refractivity contribution in [3.8, 4) is 0 Å². The predicted octanol–water partition coefficient (Wildman–Crippen LogP) is 0.0664. The van der Waals surface area contributed by atoms with Gasteiger partial charge in [-0.3, -0.25) is 4.79 Å². The first-order valence-electron chi connectivity index (χ1n) is 4.60. The zero-order chi connectivity index (χ0) is 12.1. The summed E-state index contributed by atoms with van der Waals surface area (Å²) in [6.45, 7) is 0. The SMILES string of the molecule is COC(=O)C(O)C(O)c1ccccc1C=O. The van der Waals surface area contributed by atoms with Gasteiger partial charge in [-0.1, -0.05) is 24.3 Å². The Morgan fingerprint density at radius 2 is 2.00 bits per heavy atom. The van der Waals surface area contributed by atoms with Crippen LogP contribution in [0.1, 0.15) is 22.0 Å². The number of ether oxygens (including phenoxy) is 1. The summed E-state index contributed by atoms with van der Waals surface area (Å²) in [7, 11) is 1.10. The second-order valence-corrected chi connectivity index (χ2v) is 3.16. The second-order valence-electron chi connectivity index (χ2n) is 3.16. The van der Waals surface area contributed by atoms with Crippen LogP contribution in [-0.2, 0) is 9.53 Å². The average Bonchev–Trinajstić information content (AvgIpc) is 2.35. The molecule has 0 aliphatic heterocycles. The van der Waals surface area contributed by atoms with Gasteiger partial charge in [0.1, 0.15) is 12.4 Å². The second kappa shape index (κ2) is 5.39. The minimum Gasteiger partial charge on any atom is -0.467 e. The molecule has 0 spiro atoms. The van der Waals surface area contributed by atoms with Crippen molar-refractivity contribution in [1.29, 1.82) is 0 Å². The molecule has 0 bridgehead atoms. The molecule has 2 atom stereocenters. The van der Waals surface area contributed by atoms with E-state index in [4.69, 9.17) is 0 Å². The minimum atomic E-state index is -1.70. The van der Waals surface area contributed by atoms with Gasteiger partial charge in [0.25, 0.3) is 0 Å². The Hall–Kier alpha value is -1.72. The van der Waals surface area contributed by atoms with E-state index in [9.17, 15) is 19.8 Å². The van der Waals surface area contributed by atoms with Gasteiger partial charge in [-0.2, -0.15) is 0 Å². The maximum atomic E-state index is 11.0. The quantitative estimate of drug-likeness (QED) is 0.558. The van der Waals surface area contributed by atoms with E-state index in [1.54, 1.807) is 12.1 Å². The third-order valence-corrected chi connectivity index (χ3v) is 2.18. The van der Waals surface area contributed by atoms with Crippen LogP contribution in [0.2, 0.25) is 0 Å². The molecule has 16 heavy (non-hydrogen) atoms. The fourth-order valence-corrected chi connectivity index (χ4v) is 1.31. The molecule has 0 heterocycles. The number of aldehydes is 1. The van der Waals surface area contributed by atoms with E-state index in [1.807, 2.05) is 0 Å². The van der Waals surface area contributed by atoms with Gasteiger partial charge in [0.2, 0.25) is 0 Å². The number of benzene rings is 1. The van der Waals surface area contributed by atoms with E-state index >= 15 is 0 Å². The number of carbonyl (C=O) groups excluding carboxylic acids is 2. The normalized spacial score (nSPS) is 13.9. The van der Waals surface area contributed by atoms with Crippen LogP contribution in [0.3, 0.4) is 0 Å². The Morgan fingerprint density at radius 3 is 2.56 bits per heavy atom. The number of hydrogen-bond donors (Lipinski definition) is 2. The zero-order valence-electron chi connectivity index (χ0n) is 8.66. The fourth-order valence-electron chi connectivity index (χ4n) is 1.31. The lowest BCUT2D eigenvalue weighted by molar-refractivity contribution is -0.156. The summed E-state index contributed by atoms with van der Waals surface area (Å²) < 4.78 is 4.29. The molecule has 0 aliphatic carbocycles. The molecule has 0 fully saturated rings. The molecule has 0 aliphatic rings. The first-order valence-corrected chi connectivity index (χ1v) is 4.60. The van der Waals surface area contributed by atoms with Crippen LogP contribution >= 0.6 is 0 Å². The molecule has 5 nitrogen and oxygen atoms in total. The standard InChI is InChI=1S/C11H12O5/c1-16-11(15)10(14)9(13)8-5-3-2-4-7(8)6-12/h2-6,9-10,13-14H,1H3. The molecular weight excluding hydrogens is 212 g/mol. The summed E-state index contributed by atoms with van der Waals surface area (Å²) in [5, 5.41) is 19.1. The van der Waals surface area contributed by atoms with E-state index < -0.39 is 18.2 Å². The topological polar surface area (TPSA) is 83.8 Å². The first-order chi connectivity index (χ1) is 7.61. The average molecular weight is 224 g/mol. The van der Waals surface area contributed by atoms with Gasteiger partial charge in [0, 0.05) is 5.56 Å². The summed E-state index contributed by atoms with van der Waals surface area (Å²) in [4.78, 5) is 21.7. The highest BCUT2D eigenvalue weighted by Crippen LogP contribution is 2.20. The first kappa shape index (κ1) is 12.4. The molecule has 2 unspecified atom stereocenters. The van der Waals surface area contributed by atoms with Crippen molar-refractivity contribution >= 4 is 12.3 Å². The van der Waals surface area contributed by atoms with Crippen LogP contribution in [0.4, 0.5) is 0 Å². The van der Waals surface area contributed by atoms with E-state index in [0.717, 1.165) is 7.11 Å². The van der Waals surface area contributed by atoms with Crippen molar-refractivity contribution in [1.82, 2.24) is 0 Å². The number of aliphatic hydroxyl groups is 2. The zero-order valence-corrected chi connectivity index (χ0v) is 8.66. The Balaban J connectivity index is 2.99. The van der Waals surface area contributed by atoms with Gasteiger partial charge < -0.3 is 14.9 Å². The van der Waals surface area contributed by atoms with Crippen LogP contribution in [0.25, 0.3) is 0 Å². The van der Waals surface area contributed by atoms with E-state index in [2.05, 4.69) is 4.74 Å². The number of rotatable bonds is 4. The van der Waals surface area contributed by atoms with Crippen LogP contribution in [0, 0.1) is 0 Å². The third kappa shape index (κ3) is 2.44. The molecule has 0 saturated carbocycles. The van der Waals surface area contributed by atoms with Gasteiger partial charge in [0.05, 0.1) is 7.11 Å². The van der Waals surface area contributed by atoms with Crippen LogP contribution in [0.5, 0.6) is 0 Å². The number of carbonyl (C=O) groups is 2. The largest absolute Gasteiger partial charge is 0.467 e. The lowest BCUT2D eigenvalue weighted by Crippen LogP contribution is -2.29. The summed E-state index contributed by atoms with van der Waals surface area (Å²) in [6.07, 6.45) is -2.64. The molecular formula is C11H12O5. The number of hydrogen-bond acceptors (Lipinski definition) is 5. The molecule has 1 rings (SSSR count). The van der Waals surface area contributed by atoms with Crippen molar-refractivity contribution < 1.29 is 24.5 Å². The van der Waals surface area contributed by atoms with Crippen LogP contribution < -0.4 is 0 Å². The smallest absolute Gasteiger partial charge is 0.337 e. The van der Waals surface area contributed by atoms with E-state index in [0.29, 0.717) is 6.29 Å². The highest BCUT2D eigenvalue weighted by Gasteiger charge is 2.27. The highest BCUT2D eigenvalue weighted by molar-refractivity contribution is 5.79. The van der Waals surface area contributed by atoms with E-state index in [-0.39, 0.29) is 11.1 Å². The van der Waals surface area contributed by atoms with Crippen molar-refractivity contribution in [3.63, 3.8) is 0 Å². The molecule has 0 amide bonds. The van der Waals surface area contributed by atoms with Gasteiger partial charge in [-0.15, -0.1) is 0 Å². The summed E-state index contributed by atoms with van der Waals surface area (Å²) in [5.74, 6) is -0.951. The summed E-state index contributed by atoms with van der Waals surface area (Å²) in [6, 6.07) is 6.15. The summed E-state index contributed by atoms with van der Waals surface area (Å²) >= 11 is 0. The van der Waals surface area contributed by atoms with Gasteiger partial charge in [-0.05, 0) is 5.56 Å². The van der Waals surface area contributed by atoms with Crippen LogP contribution in [0.15, 0.2) is 24.3 Å². The maximum Gasteiger partial charge on any atom is 0.337 e. The fraction of sp³-hybridized carbons (Fsp3) is 0.273. The molecule has 86 valence electrons. The molecule has 0 aromatic heterocycles. The van der Waals surface area contributed by atoms with Crippen LogP contribution in [-0.4, -0.2) is 35.7 Å². The lowest BCUT2D eigenvalue weighted by atomic mass is 9.99. The lowest BCUT2D eigenvalue weighted by Gasteiger charge is -2.17. The van der Waals surface area contributed by atoms with Crippen molar-refractivity contribution in [2.45, 2.75) is 12.2 Å². The number of methoxy groups -OCH3 is 1. The van der Waals surface area contributed by atoms with Gasteiger partial charge in [0.15, 0.2) is 6.10 Å². The van der Waals surface area contributed by atoms with Crippen molar-refractivity contribution in [2.75, 3.05) is 7.11 Å². The number of esters is 1. The van der Waals surface area contributed by atoms with Gasteiger partial charge in [-0.25, -0.2) is 4.79 Å². The Labute approximate surface area is 92.3 Å². The minimum absolute atomic E-state index is 0.190. The predicted molar refractivity (Wildman–Crippen MR) is 54.8 cm³/mol. The summed E-state index contributed by atoms with van der Waals surface area (Å²) in [5.41, 5.74) is 0.411. The molecule has 2 N–H and O–H groups in total. The Bertz CT molecular complexity index is 388. The van der Waals surface area contributed by atoms with E-state index in [1.165, 1.54) is 12.1 Å². The van der Waals surface area contributed by atoms with Gasteiger partial charge >= 0.3 is 5.97 Å². The molecule has 0 radical (unpaired) electrons.